The molecule has 3 aromatic rings. The van der Waals surface area contributed by atoms with E-state index < -0.39 is 0 Å². The predicted octanol–water partition coefficient (Wildman–Crippen LogP) is 3.46. The summed E-state index contributed by atoms with van der Waals surface area (Å²) in [5.41, 5.74) is 5.31. The SMILES string of the molecule is COc1ccc(-c2ccc(C)c(NC(=O)c3cc4n(n3)CCC4)c2)cn1. The molecule has 0 fully saturated rings. The summed E-state index contributed by atoms with van der Waals surface area (Å²) in [6.45, 7) is 2.86. The first kappa shape index (κ1) is 16.3. The number of nitrogens with zero attached hydrogens (tertiary/aromatic N) is 3. The number of benzene rings is 1. The Morgan fingerprint density at radius 1 is 1.19 bits per heavy atom. The normalized spacial score (nSPS) is 12.7. The van der Waals surface area contributed by atoms with Gasteiger partial charge in [-0.25, -0.2) is 4.98 Å². The molecule has 0 atom stereocenters. The Kier molecular flexibility index (Phi) is 4.16. The van der Waals surface area contributed by atoms with Gasteiger partial charge in [-0.2, -0.15) is 5.10 Å². The largest absolute Gasteiger partial charge is 0.481 e. The second-order valence-corrected chi connectivity index (χ2v) is 6.42. The van der Waals surface area contributed by atoms with Gasteiger partial charge in [0.25, 0.3) is 5.91 Å². The van der Waals surface area contributed by atoms with Crippen LogP contribution in [0.3, 0.4) is 0 Å². The van der Waals surface area contributed by atoms with Crippen LogP contribution in [0.25, 0.3) is 11.1 Å². The molecule has 6 nitrogen and oxygen atoms in total. The van der Waals surface area contributed by atoms with Crippen molar-refractivity contribution in [3.63, 3.8) is 0 Å². The van der Waals surface area contributed by atoms with Crippen molar-refractivity contribution in [2.24, 2.45) is 0 Å². The van der Waals surface area contributed by atoms with E-state index >= 15 is 0 Å². The first-order chi connectivity index (χ1) is 12.6. The Hall–Kier alpha value is -3.15. The fourth-order valence-corrected chi connectivity index (χ4v) is 3.17. The van der Waals surface area contributed by atoms with Crippen LogP contribution in [0.1, 0.15) is 28.2 Å². The number of hydrogen-bond acceptors (Lipinski definition) is 4. The van der Waals surface area contributed by atoms with Crippen LogP contribution in [0.4, 0.5) is 5.69 Å². The number of carbonyl (C=O) groups excluding carboxylic acids is 1. The van der Waals surface area contributed by atoms with Crippen molar-refractivity contribution in [2.75, 3.05) is 12.4 Å². The molecule has 1 aliphatic heterocycles. The van der Waals surface area contributed by atoms with Gasteiger partial charge in [0.15, 0.2) is 5.69 Å². The third-order valence-electron chi connectivity index (χ3n) is 4.66. The van der Waals surface area contributed by atoms with E-state index in [2.05, 4.69) is 15.4 Å². The van der Waals surface area contributed by atoms with Crippen molar-refractivity contribution >= 4 is 11.6 Å². The number of fused-ring (bicyclic) bond motifs is 1. The number of nitrogens with one attached hydrogen (secondary N) is 1. The molecule has 1 aromatic carbocycles. The van der Waals surface area contributed by atoms with Crippen LogP contribution < -0.4 is 10.1 Å². The summed E-state index contributed by atoms with van der Waals surface area (Å²) in [5.74, 6) is 0.391. The summed E-state index contributed by atoms with van der Waals surface area (Å²) in [5, 5.41) is 7.39. The van der Waals surface area contributed by atoms with Gasteiger partial charge < -0.3 is 10.1 Å². The molecule has 4 rings (SSSR count). The van der Waals surface area contributed by atoms with Gasteiger partial charge in [0.2, 0.25) is 5.88 Å². The van der Waals surface area contributed by atoms with Crippen molar-refractivity contribution < 1.29 is 9.53 Å². The Morgan fingerprint density at radius 2 is 2.04 bits per heavy atom. The topological polar surface area (TPSA) is 69.0 Å². The van der Waals surface area contributed by atoms with E-state index in [1.165, 1.54) is 0 Å². The molecule has 1 N–H and O–H groups in total. The van der Waals surface area contributed by atoms with Gasteiger partial charge in [0, 0.05) is 35.8 Å². The summed E-state index contributed by atoms with van der Waals surface area (Å²) in [7, 11) is 1.59. The molecular formula is C20H20N4O2. The van der Waals surface area contributed by atoms with Crippen LogP contribution >= 0.6 is 0 Å². The molecule has 26 heavy (non-hydrogen) atoms. The molecule has 0 radical (unpaired) electrons. The van der Waals surface area contributed by atoms with E-state index in [1.54, 1.807) is 13.3 Å². The predicted molar refractivity (Wildman–Crippen MR) is 99.5 cm³/mol. The molecule has 6 heteroatoms. The van der Waals surface area contributed by atoms with Crippen LogP contribution in [0.2, 0.25) is 0 Å². The van der Waals surface area contributed by atoms with Gasteiger partial charge in [-0.05, 0) is 49.1 Å². The lowest BCUT2D eigenvalue weighted by atomic mass is 10.0. The highest BCUT2D eigenvalue weighted by Gasteiger charge is 2.18. The number of pyridine rings is 1. The van der Waals surface area contributed by atoms with Crippen molar-refractivity contribution in [3.8, 4) is 17.0 Å². The van der Waals surface area contributed by atoms with E-state index in [0.717, 1.165) is 47.5 Å². The minimum atomic E-state index is -0.181. The number of methoxy groups -OCH3 is 1. The summed E-state index contributed by atoms with van der Waals surface area (Å²) in [6.07, 6.45) is 3.84. The van der Waals surface area contributed by atoms with Crippen molar-refractivity contribution in [2.45, 2.75) is 26.3 Å². The standard InChI is InChI=1S/C20H20N4O2/c1-13-5-6-14(15-7-8-19(26-2)21-12-15)10-17(13)22-20(25)18-11-16-4-3-9-24(16)23-18/h5-8,10-12H,3-4,9H2,1-2H3,(H,22,25). The fraction of sp³-hybridized carbons (Fsp3) is 0.250. The minimum absolute atomic E-state index is 0.181. The second kappa shape index (κ2) is 6.63. The van der Waals surface area contributed by atoms with E-state index in [-0.39, 0.29) is 5.91 Å². The lowest BCUT2D eigenvalue weighted by Gasteiger charge is -2.10. The number of aromatic nitrogens is 3. The molecule has 3 heterocycles. The summed E-state index contributed by atoms with van der Waals surface area (Å²) in [6, 6.07) is 11.6. The Labute approximate surface area is 151 Å². The van der Waals surface area contributed by atoms with E-state index in [1.807, 2.05) is 48.0 Å². The number of rotatable bonds is 4. The number of amides is 1. The molecule has 0 saturated heterocycles. The van der Waals surface area contributed by atoms with E-state index in [4.69, 9.17) is 4.74 Å². The Balaban J connectivity index is 1.58. The Morgan fingerprint density at radius 3 is 2.77 bits per heavy atom. The van der Waals surface area contributed by atoms with Crippen LogP contribution in [-0.4, -0.2) is 27.8 Å². The lowest BCUT2D eigenvalue weighted by Crippen LogP contribution is -2.14. The molecule has 132 valence electrons. The molecule has 0 bridgehead atoms. The second-order valence-electron chi connectivity index (χ2n) is 6.42. The minimum Gasteiger partial charge on any atom is -0.481 e. The van der Waals surface area contributed by atoms with Gasteiger partial charge >= 0.3 is 0 Å². The monoisotopic (exact) mass is 348 g/mol. The van der Waals surface area contributed by atoms with Gasteiger partial charge in [0.05, 0.1) is 7.11 Å². The van der Waals surface area contributed by atoms with Crippen LogP contribution in [0, 0.1) is 6.92 Å². The molecule has 2 aromatic heterocycles. The Bertz CT molecular complexity index is 939. The maximum absolute atomic E-state index is 12.6. The van der Waals surface area contributed by atoms with Gasteiger partial charge in [-0.15, -0.1) is 0 Å². The van der Waals surface area contributed by atoms with Gasteiger partial charge in [-0.1, -0.05) is 12.1 Å². The lowest BCUT2D eigenvalue weighted by molar-refractivity contribution is 0.102. The smallest absolute Gasteiger partial charge is 0.276 e. The highest BCUT2D eigenvalue weighted by atomic mass is 16.5. The first-order valence-electron chi connectivity index (χ1n) is 8.63. The summed E-state index contributed by atoms with van der Waals surface area (Å²) >= 11 is 0. The number of hydrogen-bond donors (Lipinski definition) is 1. The zero-order valence-electron chi connectivity index (χ0n) is 14.8. The third kappa shape index (κ3) is 3.06. The van der Waals surface area contributed by atoms with Crippen LogP contribution in [0.15, 0.2) is 42.6 Å². The van der Waals surface area contributed by atoms with Gasteiger partial charge in [0.1, 0.15) is 0 Å². The average Bonchev–Trinajstić information content (AvgIpc) is 3.26. The number of anilines is 1. The van der Waals surface area contributed by atoms with E-state index in [9.17, 15) is 4.79 Å². The van der Waals surface area contributed by atoms with Gasteiger partial charge in [-0.3, -0.25) is 9.48 Å². The van der Waals surface area contributed by atoms with Crippen molar-refractivity contribution in [1.29, 1.82) is 0 Å². The fourth-order valence-electron chi connectivity index (χ4n) is 3.17. The van der Waals surface area contributed by atoms with Crippen LogP contribution in [-0.2, 0) is 13.0 Å². The van der Waals surface area contributed by atoms with Crippen molar-refractivity contribution in [3.05, 3.63) is 59.5 Å². The maximum atomic E-state index is 12.6. The third-order valence-corrected chi connectivity index (χ3v) is 4.66. The molecule has 0 saturated carbocycles. The molecule has 0 aliphatic carbocycles. The van der Waals surface area contributed by atoms with Crippen LogP contribution in [0.5, 0.6) is 5.88 Å². The summed E-state index contributed by atoms with van der Waals surface area (Å²) in [4.78, 5) is 16.8. The number of ether oxygens (including phenoxy) is 1. The molecule has 1 amide bonds. The molecule has 1 aliphatic rings. The molecule has 0 spiro atoms. The quantitative estimate of drug-likeness (QED) is 0.784. The average molecular weight is 348 g/mol. The number of aryl methyl sites for hydroxylation is 3. The van der Waals surface area contributed by atoms with Crippen molar-refractivity contribution in [1.82, 2.24) is 14.8 Å². The maximum Gasteiger partial charge on any atom is 0.276 e. The summed E-state index contributed by atoms with van der Waals surface area (Å²) < 4.78 is 7.02. The highest BCUT2D eigenvalue weighted by Crippen LogP contribution is 2.26. The molecule has 0 unspecified atom stereocenters. The molecular weight excluding hydrogens is 328 g/mol. The highest BCUT2D eigenvalue weighted by molar-refractivity contribution is 6.03. The zero-order valence-corrected chi connectivity index (χ0v) is 14.8. The number of carbonyl (C=O) groups is 1. The first-order valence-corrected chi connectivity index (χ1v) is 8.63. The zero-order chi connectivity index (χ0) is 18.1. The van der Waals surface area contributed by atoms with E-state index in [0.29, 0.717) is 11.6 Å².